The number of ether oxygens (including phenoxy) is 2. The standard InChI is InChI=1S/C30H48N4O6/c1-27(2,3)22(25(37)34-17-30(14-20(34)23(31)35)28(4,5)29(30)12-9-13-29)33-24(36)21(18-10-7-6-8-11-18)32-26(38)40-19-15-39-16-19/h18-22H,6-17H2,1-5H3,(H2,31,35)(H,32,38)(H,33,36)/t20-,21-,22+,30+/m0/s1. The van der Waals surface area contributed by atoms with Crippen LogP contribution in [0.25, 0.3) is 0 Å². The Morgan fingerprint density at radius 3 is 2.10 bits per heavy atom. The third kappa shape index (κ3) is 4.58. The topological polar surface area (TPSA) is 140 Å². The van der Waals surface area contributed by atoms with E-state index in [0.29, 0.717) is 26.2 Å². The van der Waals surface area contributed by atoms with Gasteiger partial charge in [0.25, 0.3) is 0 Å². The lowest BCUT2D eigenvalue weighted by atomic mass is 9.73. The summed E-state index contributed by atoms with van der Waals surface area (Å²) in [6.07, 6.45) is 7.72. The number of alkyl carbamates (subject to hydrolysis) is 1. The molecular formula is C30H48N4O6. The van der Waals surface area contributed by atoms with Crippen molar-refractivity contribution in [1.29, 1.82) is 0 Å². The molecule has 0 unspecified atom stereocenters. The number of hydrogen-bond acceptors (Lipinski definition) is 6. The molecule has 2 aliphatic heterocycles. The van der Waals surface area contributed by atoms with Gasteiger partial charge in [-0.1, -0.05) is 60.3 Å². The van der Waals surface area contributed by atoms with Crippen LogP contribution < -0.4 is 16.4 Å². The van der Waals surface area contributed by atoms with Crippen LogP contribution in [0.3, 0.4) is 0 Å². The minimum atomic E-state index is -0.889. The van der Waals surface area contributed by atoms with Crippen LogP contribution in [0.15, 0.2) is 0 Å². The molecule has 0 aromatic heterocycles. The number of primary amides is 1. The van der Waals surface area contributed by atoms with E-state index in [2.05, 4.69) is 24.5 Å². The zero-order valence-corrected chi connectivity index (χ0v) is 24.8. The monoisotopic (exact) mass is 560 g/mol. The Morgan fingerprint density at radius 2 is 1.62 bits per heavy atom. The van der Waals surface area contributed by atoms with E-state index in [9.17, 15) is 19.2 Å². The second-order valence-electron chi connectivity index (χ2n) is 14.6. The summed E-state index contributed by atoms with van der Waals surface area (Å²) in [7, 11) is 0. The van der Waals surface area contributed by atoms with Crippen LogP contribution in [0.2, 0.25) is 0 Å². The Morgan fingerprint density at radius 1 is 0.975 bits per heavy atom. The van der Waals surface area contributed by atoms with Crippen molar-refractivity contribution in [2.24, 2.45) is 33.3 Å². The van der Waals surface area contributed by atoms with Gasteiger partial charge in [0.2, 0.25) is 17.7 Å². The summed E-state index contributed by atoms with van der Waals surface area (Å²) in [5.74, 6) is -1.22. The zero-order valence-electron chi connectivity index (χ0n) is 24.8. The first-order valence-corrected chi connectivity index (χ1v) is 15.2. The average molecular weight is 561 g/mol. The van der Waals surface area contributed by atoms with Crippen LogP contribution in [-0.4, -0.2) is 72.7 Å². The lowest BCUT2D eigenvalue weighted by Crippen LogP contribution is -2.61. The van der Waals surface area contributed by atoms with Crippen LogP contribution in [0.5, 0.6) is 0 Å². The first kappa shape index (κ1) is 29.1. The number of nitrogens with two attached hydrogens (primary N) is 1. The van der Waals surface area contributed by atoms with E-state index >= 15 is 0 Å². The fourth-order valence-electron chi connectivity index (χ4n) is 8.59. The minimum absolute atomic E-state index is 0.0310. The van der Waals surface area contributed by atoms with E-state index in [4.69, 9.17) is 15.2 Å². The first-order chi connectivity index (χ1) is 18.7. The number of nitrogens with one attached hydrogen (secondary N) is 2. The number of amides is 4. The third-order valence-electron chi connectivity index (χ3n) is 11.4. The maximum Gasteiger partial charge on any atom is 0.408 e. The van der Waals surface area contributed by atoms with Crippen molar-refractivity contribution in [1.82, 2.24) is 15.5 Å². The summed E-state index contributed by atoms with van der Waals surface area (Å²) < 4.78 is 10.5. The van der Waals surface area contributed by atoms with Crippen molar-refractivity contribution in [3.05, 3.63) is 0 Å². The fraction of sp³-hybridized carbons (Fsp3) is 0.867. The lowest BCUT2D eigenvalue weighted by Gasteiger charge is -2.37. The summed E-state index contributed by atoms with van der Waals surface area (Å²) in [5.41, 5.74) is 5.31. The fourth-order valence-corrected chi connectivity index (χ4v) is 8.59. The number of carbonyl (C=O) groups is 4. The molecule has 4 atom stereocenters. The Hall–Kier alpha value is -2.36. The molecule has 2 heterocycles. The lowest BCUT2D eigenvalue weighted by molar-refractivity contribution is -0.144. The highest BCUT2D eigenvalue weighted by Gasteiger charge is 2.85. The van der Waals surface area contributed by atoms with Gasteiger partial charge in [0, 0.05) is 12.0 Å². The number of hydrogen-bond donors (Lipinski definition) is 3. The van der Waals surface area contributed by atoms with E-state index in [-0.39, 0.29) is 34.2 Å². The summed E-state index contributed by atoms with van der Waals surface area (Å²) in [5, 5.41) is 5.83. The maximum absolute atomic E-state index is 14.3. The molecule has 2 saturated heterocycles. The zero-order chi connectivity index (χ0) is 29.1. The van der Waals surface area contributed by atoms with Crippen molar-refractivity contribution in [2.75, 3.05) is 19.8 Å². The largest absolute Gasteiger partial charge is 0.441 e. The SMILES string of the molecule is CC(C)(C)[C@H](NC(=O)[C@@H](NC(=O)OC1COC1)C1CCCCC1)C(=O)N1C[C@]2(C[C@H]1C(N)=O)C(C)(C)C21CCC1. The number of fused-ring (bicyclic) bond motifs is 1. The summed E-state index contributed by atoms with van der Waals surface area (Å²) in [6.45, 7) is 11.4. The van der Waals surface area contributed by atoms with Gasteiger partial charge >= 0.3 is 6.09 Å². The Kier molecular flexibility index (Phi) is 7.41. The smallest absolute Gasteiger partial charge is 0.408 e. The highest BCUT2D eigenvalue weighted by atomic mass is 16.6. The second-order valence-corrected chi connectivity index (χ2v) is 14.6. The van der Waals surface area contributed by atoms with E-state index in [0.717, 1.165) is 44.9 Å². The molecule has 0 bridgehead atoms. The second kappa shape index (κ2) is 10.2. The predicted molar refractivity (Wildman–Crippen MR) is 148 cm³/mol. The Bertz CT molecular complexity index is 1040. The molecule has 224 valence electrons. The number of nitrogens with zero attached hydrogens (tertiary/aromatic N) is 1. The van der Waals surface area contributed by atoms with Gasteiger partial charge in [-0.15, -0.1) is 0 Å². The van der Waals surface area contributed by atoms with Gasteiger partial charge in [-0.25, -0.2) is 4.79 Å². The van der Waals surface area contributed by atoms with Crippen LogP contribution in [0, 0.1) is 27.6 Å². The van der Waals surface area contributed by atoms with E-state index in [1.165, 1.54) is 6.42 Å². The molecule has 3 aliphatic carbocycles. The first-order valence-electron chi connectivity index (χ1n) is 15.2. The van der Waals surface area contributed by atoms with Gasteiger partial charge in [-0.05, 0) is 54.3 Å². The summed E-state index contributed by atoms with van der Waals surface area (Å²) in [6, 6.07) is -2.40. The maximum atomic E-state index is 14.3. The highest BCUT2D eigenvalue weighted by Crippen LogP contribution is 2.88. The molecule has 10 heteroatoms. The predicted octanol–water partition coefficient (Wildman–Crippen LogP) is 2.87. The van der Waals surface area contributed by atoms with E-state index < -0.39 is 41.4 Å². The van der Waals surface area contributed by atoms with Gasteiger partial charge in [-0.2, -0.15) is 0 Å². The number of rotatable bonds is 7. The molecule has 40 heavy (non-hydrogen) atoms. The van der Waals surface area contributed by atoms with Crippen molar-refractivity contribution in [2.45, 2.75) is 117 Å². The van der Waals surface area contributed by atoms with Gasteiger partial charge in [0.15, 0.2) is 6.10 Å². The van der Waals surface area contributed by atoms with E-state index in [1.807, 2.05) is 20.8 Å². The van der Waals surface area contributed by atoms with Crippen molar-refractivity contribution < 1.29 is 28.7 Å². The quantitative estimate of drug-likeness (QED) is 0.437. The van der Waals surface area contributed by atoms with Gasteiger partial charge in [0.05, 0.1) is 13.2 Å². The molecule has 0 aromatic carbocycles. The molecule has 5 fully saturated rings. The molecule has 2 spiro atoms. The van der Waals surface area contributed by atoms with Crippen molar-refractivity contribution >= 4 is 23.8 Å². The molecule has 0 aromatic rings. The molecular weight excluding hydrogens is 512 g/mol. The Balaban J connectivity index is 1.35. The highest BCUT2D eigenvalue weighted by molar-refractivity contribution is 5.94. The normalized spacial score (nSPS) is 30.6. The number of carbonyl (C=O) groups excluding carboxylic acids is 4. The van der Waals surface area contributed by atoms with Crippen LogP contribution in [0.4, 0.5) is 4.79 Å². The van der Waals surface area contributed by atoms with Crippen LogP contribution in [-0.2, 0) is 23.9 Å². The molecule has 4 amide bonds. The van der Waals surface area contributed by atoms with Gasteiger partial charge < -0.3 is 30.7 Å². The minimum Gasteiger partial charge on any atom is -0.441 e. The molecule has 3 saturated carbocycles. The molecule has 4 N–H and O–H groups in total. The summed E-state index contributed by atoms with van der Waals surface area (Å²) >= 11 is 0. The van der Waals surface area contributed by atoms with E-state index in [1.54, 1.807) is 4.90 Å². The van der Waals surface area contributed by atoms with Gasteiger partial charge in [0.1, 0.15) is 18.1 Å². The average Bonchev–Trinajstić information content (AvgIpc) is 3.08. The number of likely N-dealkylation sites (tertiary alicyclic amines) is 1. The summed E-state index contributed by atoms with van der Waals surface area (Å²) in [4.78, 5) is 55.2. The molecule has 0 radical (unpaired) electrons. The molecule has 5 aliphatic rings. The third-order valence-corrected chi connectivity index (χ3v) is 11.4. The van der Waals surface area contributed by atoms with Crippen molar-refractivity contribution in [3.63, 3.8) is 0 Å². The van der Waals surface area contributed by atoms with Crippen molar-refractivity contribution in [3.8, 4) is 0 Å². The Labute approximate surface area is 237 Å². The molecule has 10 nitrogen and oxygen atoms in total. The van der Waals surface area contributed by atoms with Gasteiger partial charge in [-0.3, -0.25) is 14.4 Å². The molecule has 5 rings (SSSR count). The van der Waals surface area contributed by atoms with Crippen LogP contribution in [0.1, 0.15) is 92.4 Å². The van der Waals surface area contributed by atoms with Crippen LogP contribution >= 0.6 is 0 Å².